The molecule has 1 fully saturated rings. The molecule has 2 heterocycles. The molecule has 0 radical (unpaired) electrons. The zero-order valence-corrected chi connectivity index (χ0v) is 14.4. The largest absolute Gasteiger partial charge is 0.371 e. The first kappa shape index (κ1) is 16.3. The van der Waals surface area contributed by atoms with Crippen LogP contribution in [0.25, 0.3) is 11.4 Å². The first-order chi connectivity index (χ1) is 12.3. The van der Waals surface area contributed by atoms with E-state index in [2.05, 4.69) is 27.2 Å². The number of halogens is 1. The van der Waals surface area contributed by atoms with Crippen LogP contribution in [-0.4, -0.2) is 34.7 Å². The first-order valence-corrected chi connectivity index (χ1v) is 8.63. The van der Waals surface area contributed by atoms with E-state index in [1.165, 1.54) is 5.56 Å². The average Bonchev–Trinajstić information content (AvgIpc) is 3.12. The molecule has 0 aliphatic carbocycles. The zero-order valence-electron chi connectivity index (χ0n) is 13.6. The van der Waals surface area contributed by atoms with Crippen molar-refractivity contribution in [2.75, 3.05) is 19.7 Å². The van der Waals surface area contributed by atoms with Crippen molar-refractivity contribution in [1.29, 1.82) is 0 Å². The maximum Gasteiger partial charge on any atom is 0.241 e. The molecule has 1 unspecified atom stereocenters. The maximum atomic E-state index is 5.91. The summed E-state index contributed by atoms with van der Waals surface area (Å²) in [6.45, 7) is 2.97. The second-order valence-corrected chi connectivity index (χ2v) is 6.46. The fraction of sp³-hybridized carbons (Fsp3) is 0.263. The molecule has 0 spiro atoms. The normalized spacial score (nSPS) is 18.4. The predicted octanol–water partition coefficient (Wildman–Crippen LogP) is 3.96. The molecule has 1 atom stereocenters. The van der Waals surface area contributed by atoms with E-state index in [0.717, 1.165) is 18.7 Å². The fourth-order valence-corrected chi connectivity index (χ4v) is 3.07. The lowest BCUT2D eigenvalue weighted by Crippen LogP contribution is -2.37. The minimum atomic E-state index is 0.0774. The molecule has 0 saturated carbocycles. The van der Waals surface area contributed by atoms with Gasteiger partial charge in [-0.2, -0.15) is 4.98 Å². The monoisotopic (exact) mass is 355 g/mol. The fourth-order valence-electron chi connectivity index (χ4n) is 2.94. The third-order valence-electron chi connectivity index (χ3n) is 4.25. The molecule has 1 aliphatic rings. The van der Waals surface area contributed by atoms with Gasteiger partial charge in [-0.05, 0) is 29.8 Å². The highest BCUT2D eigenvalue weighted by Crippen LogP contribution is 2.24. The Bertz CT molecular complexity index is 820. The highest BCUT2D eigenvalue weighted by molar-refractivity contribution is 6.30. The molecule has 3 aromatic rings. The summed E-state index contributed by atoms with van der Waals surface area (Å²) in [6, 6.07) is 17.7. The summed E-state index contributed by atoms with van der Waals surface area (Å²) < 4.78 is 11.3. The van der Waals surface area contributed by atoms with E-state index in [1.807, 2.05) is 42.5 Å². The number of hydrogen-bond donors (Lipinski definition) is 0. The molecule has 0 bridgehead atoms. The number of rotatable bonds is 4. The van der Waals surface area contributed by atoms with Gasteiger partial charge >= 0.3 is 0 Å². The standard InChI is InChI=1S/C19H18ClN3O2/c20-16-8-6-15(7-9-16)19-21-18(25-22-19)13-23-10-11-24-17(12-23)14-4-2-1-3-5-14/h1-9,17H,10-13H2. The van der Waals surface area contributed by atoms with Gasteiger partial charge in [-0.15, -0.1) is 0 Å². The van der Waals surface area contributed by atoms with Crippen LogP contribution in [0, 0.1) is 0 Å². The lowest BCUT2D eigenvalue weighted by molar-refractivity contribution is -0.0355. The van der Waals surface area contributed by atoms with E-state index in [9.17, 15) is 0 Å². The Morgan fingerprint density at radius 2 is 1.88 bits per heavy atom. The summed E-state index contributed by atoms with van der Waals surface area (Å²) in [6.07, 6.45) is 0.0774. The highest BCUT2D eigenvalue weighted by Gasteiger charge is 2.23. The van der Waals surface area contributed by atoms with Gasteiger partial charge in [-0.25, -0.2) is 0 Å². The molecule has 4 rings (SSSR count). The second kappa shape index (κ2) is 7.35. The van der Waals surface area contributed by atoms with Crippen LogP contribution in [0.3, 0.4) is 0 Å². The summed E-state index contributed by atoms with van der Waals surface area (Å²) in [5.74, 6) is 1.19. The Morgan fingerprint density at radius 1 is 1.08 bits per heavy atom. The summed E-state index contributed by atoms with van der Waals surface area (Å²) in [7, 11) is 0. The molecule has 1 aromatic heterocycles. The van der Waals surface area contributed by atoms with Crippen LogP contribution in [-0.2, 0) is 11.3 Å². The lowest BCUT2D eigenvalue weighted by Gasteiger charge is -2.32. The van der Waals surface area contributed by atoms with Crippen LogP contribution in [0.15, 0.2) is 59.1 Å². The van der Waals surface area contributed by atoms with Gasteiger partial charge in [-0.3, -0.25) is 4.90 Å². The van der Waals surface area contributed by atoms with Crippen LogP contribution < -0.4 is 0 Å². The van der Waals surface area contributed by atoms with Gasteiger partial charge < -0.3 is 9.26 Å². The minimum Gasteiger partial charge on any atom is -0.371 e. The highest BCUT2D eigenvalue weighted by atomic mass is 35.5. The van der Waals surface area contributed by atoms with Crippen LogP contribution in [0.5, 0.6) is 0 Å². The maximum absolute atomic E-state index is 5.91. The van der Waals surface area contributed by atoms with E-state index in [1.54, 1.807) is 0 Å². The number of morpholine rings is 1. The molecule has 2 aromatic carbocycles. The molecular weight excluding hydrogens is 338 g/mol. The smallest absolute Gasteiger partial charge is 0.241 e. The Kier molecular flexibility index (Phi) is 4.78. The summed E-state index contributed by atoms with van der Waals surface area (Å²) in [4.78, 5) is 6.78. The molecule has 1 saturated heterocycles. The number of nitrogens with zero attached hydrogens (tertiary/aromatic N) is 3. The molecule has 128 valence electrons. The van der Waals surface area contributed by atoms with Gasteiger partial charge in [0.1, 0.15) is 0 Å². The van der Waals surface area contributed by atoms with Crippen molar-refractivity contribution < 1.29 is 9.26 Å². The molecule has 0 N–H and O–H groups in total. The number of ether oxygens (including phenoxy) is 1. The number of benzene rings is 2. The van der Waals surface area contributed by atoms with Crippen LogP contribution >= 0.6 is 11.6 Å². The molecular formula is C19H18ClN3O2. The van der Waals surface area contributed by atoms with Gasteiger partial charge in [0, 0.05) is 23.7 Å². The summed E-state index contributed by atoms with van der Waals surface area (Å²) in [5.41, 5.74) is 2.09. The summed E-state index contributed by atoms with van der Waals surface area (Å²) in [5, 5.41) is 4.76. The molecule has 6 heteroatoms. The topological polar surface area (TPSA) is 51.4 Å². The van der Waals surface area contributed by atoms with Crippen LogP contribution in [0.4, 0.5) is 0 Å². The lowest BCUT2D eigenvalue weighted by atomic mass is 10.1. The van der Waals surface area contributed by atoms with Crippen molar-refractivity contribution in [1.82, 2.24) is 15.0 Å². The Morgan fingerprint density at radius 3 is 2.68 bits per heavy atom. The van der Waals surface area contributed by atoms with Gasteiger partial charge in [-0.1, -0.05) is 47.1 Å². The number of hydrogen-bond acceptors (Lipinski definition) is 5. The van der Waals surface area contributed by atoms with E-state index in [0.29, 0.717) is 29.9 Å². The van der Waals surface area contributed by atoms with E-state index >= 15 is 0 Å². The zero-order chi connectivity index (χ0) is 17.1. The molecule has 1 aliphatic heterocycles. The van der Waals surface area contributed by atoms with Crippen molar-refractivity contribution in [2.45, 2.75) is 12.6 Å². The van der Waals surface area contributed by atoms with E-state index in [4.69, 9.17) is 20.9 Å². The van der Waals surface area contributed by atoms with Crippen molar-refractivity contribution in [2.24, 2.45) is 0 Å². The van der Waals surface area contributed by atoms with Crippen molar-refractivity contribution in [3.8, 4) is 11.4 Å². The SMILES string of the molecule is Clc1ccc(-c2noc(CN3CCOC(c4ccccc4)C3)n2)cc1. The minimum absolute atomic E-state index is 0.0774. The van der Waals surface area contributed by atoms with E-state index < -0.39 is 0 Å². The summed E-state index contributed by atoms with van der Waals surface area (Å²) >= 11 is 5.91. The molecule has 25 heavy (non-hydrogen) atoms. The second-order valence-electron chi connectivity index (χ2n) is 6.02. The van der Waals surface area contributed by atoms with Crippen molar-refractivity contribution >= 4 is 11.6 Å². The third kappa shape index (κ3) is 3.90. The first-order valence-electron chi connectivity index (χ1n) is 8.25. The Hall–Kier alpha value is -2.21. The quantitative estimate of drug-likeness (QED) is 0.709. The van der Waals surface area contributed by atoms with E-state index in [-0.39, 0.29) is 6.10 Å². The van der Waals surface area contributed by atoms with Crippen LogP contribution in [0.2, 0.25) is 5.02 Å². The van der Waals surface area contributed by atoms with Gasteiger partial charge in [0.25, 0.3) is 0 Å². The Balaban J connectivity index is 1.43. The Labute approximate surface area is 151 Å². The molecule has 5 nitrogen and oxygen atoms in total. The van der Waals surface area contributed by atoms with Crippen LogP contribution in [0.1, 0.15) is 17.6 Å². The van der Waals surface area contributed by atoms with Gasteiger partial charge in [0.2, 0.25) is 11.7 Å². The van der Waals surface area contributed by atoms with Gasteiger partial charge in [0.05, 0.1) is 19.3 Å². The van der Waals surface area contributed by atoms with Crippen molar-refractivity contribution in [3.05, 3.63) is 71.1 Å². The number of aromatic nitrogens is 2. The van der Waals surface area contributed by atoms with Gasteiger partial charge in [0.15, 0.2) is 0 Å². The molecule has 0 amide bonds. The average molecular weight is 356 g/mol. The predicted molar refractivity (Wildman–Crippen MR) is 95.2 cm³/mol. The van der Waals surface area contributed by atoms with Crippen molar-refractivity contribution in [3.63, 3.8) is 0 Å². The third-order valence-corrected chi connectivity index (χ3v) is 4.50.